The fourth-order valence-corrected chi connectivity index (χ4v) is 12.0. The van der Waals surface area contributed by atoms with E-state index in [4.69, 9.17) is 22.1 Å². The van der Waals surface area contributed by atoms with Crippen molar-refractivity contribution in [1.29, 1.82) is 0 Å². The Morgan fingerprint density at radius 1 is 1.05 bits per heavy atom. The van der Waals surface area contributed by atoms with Crippen LogP contribution in [0.1, 0.15) is 12.8 Å². The first-order chi connectivity index (χ1) is 9.62. The van der Waals surface area contributed by atoms with Crippen LogP contribution in [0.25, 0.3) is 0 Å². The Morgan fingerprint density at radius 2 is 1.65 bits per heavy atom. The monoisotopic (exact) mass is 339 g/mol. The molecule has 0 unspecified atom stereocenters. The van der Waals surface area contributed by atoms with Gasteiger partial charge in [0.25, 0.3) is 0 Å². The number of nitrogens with zero attached hydrogens (tertiary/aromatic N) is 1. The number of hydrogen-bond acceptors (Lipinski definition) is 6. The van der Waals surface area contributed by atoms with E-state index >= 15 is 0 Å². The van der Waals surface area contributed by atoms with E-state index in [0.29, 0.717) is 0 Å². The molecule has 20 heavy (non-hydrogen) atoms. The Labute approximate surface area is 127 Å². The minimum atomic E-state index is -2.39. The molecule has 120 valence electrons. The van der Waals surface area contributed by atoms with Crippen molar-refractivity contribution in [3.8, 4) is 0 Å². The van der Waals surface area contributed by atoms with Crippen LogP contribution in [0, 0.1) is 0 Å². The van der Waals surface area contributed by atoms with Gasteiger partial charge < -0.3 is 26.4 Å². The van der Waals surface area contributed by atoms with Gasteiger partial charge in [0.05, 0.1) is 9.68 Å². The van der Waals surface area contributed by atoms with Gasteiger partial charge in [-0.3, -0.25) is 0 Å². The van der Waals surface area contributed by atoms with Crippen molar-refractivity contribution in [2.24, 2.45) is 0 Å². The third-order valence-corrected chi connectivity index (χ3v) is 14.2. The summed E-state index contributed by atoms with van der Waals surface area (Å²) in [5.74, 6) is 0. The molecule has 1 aliphatic rings. The lowest BCUT2D eigenvalue weighted by atomic mass is 10.5. The third-order valence-electron chi connectivity index (χ3n) is 4.13. The van der Waals surface area contributed by atoms with Crippen molar-refractivity contribution in [2.75, 3.05) is 42.1 Å². The Bertz CT molecular complexity index is 269. The van der Waals surface area contributed by atoms with Crippen molar-refractivity contribution in [1.82, 2.24) is 4.23 Å². The van der Waals surface area contributed by atoms with Gasteiger partial charge in [0.1, 0.15) is 0 Å². The molecular formula is C11H29NO5Si3. The highest BCUT2D eigenvalue weighted by Gasteiger charge is 2.46. The maximum atomic E-state index is 5.73. The molecule has 0 aromatic carbocycles. The average molecular weight is 340 g/mol. The Balaban J connectivity index is 2.37. The number of hydrogen-bond donors (Lipinski definition) is 0. The van der Waals surface area contributed by atoms with Gasteiger partial charge >= 0.3 is 17.5 Å². The summed E-state index contributed by atoms with van der Waals surface area (Å²) in [6.07, 6.45) is 2.29. The third kappa shape index (κ3) is 4.21. The summed E-state index contributed by atoms with van der Waals surface area (Å²) in [6, 6.07) is 3.19. The molecule has 0 bridgehead atoms. The summed E-state index contributed by atoms with van der Waals surface area (Å²) in [4.78, 5) is 0. The van der Waals surface area contributed by atoms with E-state index in [2.05, 4.69) is 4.23 Å². The smallest absolute Gasteiger partial charge is 0.386 e. The summed E-state index contributed by atoms with van der Waals surface area (Å²) >= 11 is 0. The molecule has 1 heterocycles. The predicted octanol–water partition coefficient (Wildman–Crippen LogP) is 0.694. The van der Waals surface area contributed by atoms with E-state index in [-0.39, 0.29) is 9.68 Å². The first-order valence-corrected chi connectivity index (χ1v) is 12.7. The van der Waals surface area contributed by atoms with Gasteiger partial charge in [0.2, 0.25) is 0 Å². The van der Waals surface area contributed by atoms with Crippen molar-refractivity contribution in [3.05, 3.63) is 0 Å². The molecule has 6 nitrogen and oxygen atoms in total. The van der Waals surface area contributed by atoms with Gasteiger partial charge in [0.15, 0.2) is 0 Å². The fraction of sp³-hybridized carbons (Fsp3) is 1.00. The molecule has 1 aliphatic heterocycles. The fourth-order valence-electron chi connectivity index (χ4n) is 2.85. The summed E-state index contributed by atoms with van der Waals surface area (Å²) in [5, 5.41) is 0. The molecule has 1 fully saturated rings. The molecule has 0 amide bonds. The maximum Gasteiger partial charge on any atom is 0.500 e. The Kier molecular flexibility index (Phi) is 8.08. The molecule has 1 saturated heterocycles. The highest BCUT2D eigenvalue weighted by Crippen LogP contribution is 2.27. The molecule has 0 saturated carbocycles. The topological polar surface area (TPSA) is 49.4 Å². The highest BCUT2D eigenvalue weighted by atomic mass is 28.4. The average Bonchev–Trinajstić information content (AvgIpc) is 2.91. The standard InChI is InChI=1S/C11H29NO5Si3/c1-13-19(14-2)10-6-8-12(19)18-9-7-11-20(15-3,16-4)17-5/h6-11,18H2,1-5H3. The van der Waals surface area contributed by atoms with Crippen molar-refractivity contribution in [2.45, 2.75) is 31.0 Å². The van der Waals surface area contributed by atoms with Gasteiger partial charge in [-0.1, -0.05) is 12.5 Å². The molecule has 0 aromatic rings. The second-order valence-electron chi connectivity index (χ2n) is 4.96. The molecule has 0 radical (unpaired) electrons. The van der Waals surface area contributed by atoms with Gasteiger partial charge in [-0.05, 0) is 13.0 Å². The van der Waals surface area contributed by atoms with Crippen LogP contribution in [-0.2, 0) is 22.1 Å². The summed E-state index contributed by atoms with van der Waals surface area (Å²) in [6.45, 7) is 1.14. The van der Waals surface area contributed by atoms with Crippen LogP contribution >= 0.6 is 0 Å². The summed E-state index contributed by atoms with van der Waals surface area (Å²) < 4.78 is 30.4. The molecule has 0 atom stereocenters. The Morgan fingerprint density at radius 3 is 2.15 bits per heavy atom. The lowest BCUT2D eigenvalue weighted by molar-refractivity contribution is 0.123. The first-order valence-electron chi connectivity index (χ1n) is 7.13. The zero-order chi connectivity index (χ0) is 15.1. The van der Waals surface area contributed by atoms with Gasteiger partial charge in [-0.2, -0.15) is 0 Å². The van der Waals surface area contributed by atoms with E-state index in [9.17, 15) is 0 Å². The molecular weight excluding hydrogens is 310 g/mol. The maximum absolute atomic E-state index is 5.73. The van der Waals surface area contributed by atoms with Crippen molar-refractivity contribution >= 4 is 27.2 Å². The molecule has 0 N–H and O–H groups in total. The highest BCUT2D eigenvalue weighted by molar-refractivity contribution is 6.72. The number of rotatable bonds is 10. The van der Waals surface area contributed by atoms with Crippen LogP contribution in [0.15, 0.2) is 0 Å². The molecule has 9 heteroatoms. The van der Waals surface area contributed by atoms with Crippen LogP contribution in [0.5, 0.6) is 0 Å². The lowest BCUT2D eigenvalue weighted by Gasteiger charge is -2.32. The predicted molar refractivity (Wildman–Crippen MR) is 85.5 cm³/mol. The van der Waals surface area contributed by atoms with Gasteiger partial charge in [-0.25, -0.2) is 0 Å². The van der Waals surface area contributed by atoms with Crippen LogP contribution < -0.4 is 0 Å². The summed E-state index contributed by atoms with van der Waals surface area (Å²) in [7, 11) is 3.86. The lowest BCUT2D eigenvalue weighted by Crippen LogP contribution is -2.54. The van der Waals surface area contributed by atoms with Crippen molar-refractivity contribution < 1.29 is 22.1 Å². The quantitative estimate of drug-likeness (QED) is 0.431. The molecule has 0 aliphatic carbocycles. The Hall–Kier alpha value is 0.411. The minimum Gasteiger partial charge on any atom is -0.386 e. The van der Waals surface area contributed by atoms with Gasteiger partial charge in [-0.15, -0.1) is 0 Å². The van der Waals surface area contributed by atoms with Crippen LogP contribution in [0.2, 0.25) is 18.1 Å². The van der Waals surface area contributed by atoms with E-state index in [1.165, 1.54) is 12.5 Å². The largest absolute Gasteiger partial charge is 0.500 e. The van der Waals surface area contributed by atoms with E-state index in [0.717, 1.165) is 25.1 Å². The first kappa shape index (κ1) is 18.5. The second kappa shape index (κ2) is 8.76. The zero-order valence-electron chi connectivity index (χ0n) is 13.4. The van der Waals surface area contributed by atoms with E-state index in [1.54, 1.807) is 35.5 Å². The molecule has 0 spiro atoms. The SMILES string of the molecule is CO[Si](CCC[SiH2]N1CCC[Si]1(OC)OC)(OC)OC. The molecule has 0 aromatic heterocycles. The van der Waals surface area contributed by atoms with Crippen LogP contribution in [0.3, 0.4) is 0 Å². The second-order valence-corrected chi connectivity index (χ2v) is 14.0. The molecule has 1 rings (SSSR count). The summed E-state index contributed by atoms with van der Waals surface area (Å²) in [5.41, 5.74) is 0. The minimum absolute atomic E-state index is 0.330. The van der Waals surface area contributed by atoms with E-state index in [1.807, 2.05) is 0 Å². The van der Waals surface area contributed by atoms with Crippen LogP contribution in [-0.4, -0.2) is 73.5 Å². The van der Waals surface area contributed by atoms with E-state index < -0.39 is 17.5 Å². The zero-order valence-corrected chi connectivity index (χ0v) is 16.9. The van der Waals surface area contributed by atoms with Gasteiger partial charge in [0, 0.05) is 47.6 Å². The van der Waals surface area contributed by atoms with Crippen molar-refractivity contribution in [3.63, 3.8) is 0 Å². The normalized spacial score (nSPS) is 20.2. The van der Waals surface area contributed by atoms with Crippen LogP contribution in [0.4, 0.5) is 0 Å².